The predicted octanol–water partition coefficient (Wildman–Crippen LogP) is 3.42. The van der Waals surface area contributed by atoms with Crippen LogP contribution >= 0.6 is 0 Å². The van der Waals surface area contributed by atoms with Crippen molar-refractivity contribution < 1.29 is 13.2 Å². The van der Waals surface area contributed by atoms with Gasteiger partial charge in [0.05, 0.1) is 5.56 Å². The quantitative estimate of drug-likeness (QED) is 0.858. The van der Waals surface area contributed by atoms with Crippen LogP contribution in [0.15, 0.2) is 18.5 Å². The summed E-state index contributed by atoms with van der Waals surface area (Å²) in [6, 6.07) is 1.40. The van der Waals surface area contributed by atoms with Gasteiger partial charge in [0.2, 0.25) is 0 Å². The number of nitrogens with zero attached hydrogens (tertiary/aromatic N) is 1. The molecule has 0 aromatic carbocycles. The Kier molecular flexibility index (Phi) is 4.45. The molecule has 5 heteroatoms. The number of halogens is 3. The first kappa shape index (κ1) is 14.3. The van der Waals surface area contributed by atoms with Crippen molar-refractivity contribution in [2.24, 2.45) is 5.92 Å². The molecule has 1 aromatic rings. The zero-order valence-corrected chi connectivity index (χ0v) is 11.0. The van der Waals surface area contributed by atoms with E-state index in [-0.39, 0.29) is 0 Å². The van der Waals surface area contributed by atoms with Gasteiger partial charge in [-0.15, -0.1) is 0 Å². The van der Waals surface area contributed by atoms with E-state index < -0.39 is 11.7 Å². The largest absolute Gasteiger partial charge is 0.416 e. The summed E-state index contributed by atoms with van der Waals surface area (Å²) in [4.78, 5) is 3.82. The third-order valence-electron chi connectivity index (χ3n) is 3.59. The lowest BCUT2D eigenvalue weighted by atomic mass is 9.99. The smallest absolute Gasteiger partial charge is 0.314 e. The maximum absolute atomic E-state index is 12.8. The number of pyridine rings is 1. The Bertz CT molecular complexity index is 413. The van der Waals surface area contributed by atoms with Gasteiger partial charge < -0.3 is 5.32 Å². The summed E-state index contributed by atoms with van der Waals surface area (Å²) in [5.74, 6) is 0.644. The standard InChI is InChI=1S/C14H19F3N2/c1-2-19-13(10-3-4-10)6-5-11-9-18-8-7-12(11)14(15,16)17/h7-10,13,19H,2-6H2,1H3. The number of nitrogens with one attached hydrogen (secondary N) is 1. The molecule has 2 nitrogen and oxygen atoms in total. The van der Waals surface area contributed by atoms with Crippen molar-refractivity contribution in [1.29, 1.82) is 0 Å². The Balaban J connectivity index is 2.02. The zero-order chi connectivity index (χ0) is 13.9. The van der Waals surface area contributed by atoms with Crippen LogP contribution in [0.2, 0.25) is 0 Å². The van der Waals surface area contributed by atoms with Crippen LogP contribution in [-0.4, -0.2) is 17.6 Å². The van der Waals surface area contributed by atoms with Crippen LogP contribution in [0.4, 0.5) is 13.2 Å². The predicted molar refractivity (Wildman–Crippen MR) is 67.7 cm³/mol. The van der Waals surface area contributed by atoms with E-state index >= 15 is 0 Å². The maximum Gasteiger partial charge on any atom is 0.416 e. The summed E-state index contributed by atoms with van der Waals surface area (Å²) in [6.45, 7) is 2.89. The second kappa shape index (κ2) is 5.90. The van der Waals surface area contributed by atoms with Crippen LogP contribution in [0.25, 0.3) is 0 Å². The molecule has 1 unspecified atom stereocenters. The van der Waals surface area contributed by atoms with Crippen molar-refractivity contribution in [3.63, 3.8) is 0 Å². The van der Waals surface area contributed by atoms with E-state index in [1.165, 1.54) is 25.2 Å². The molecule has 1 heterocycles. The summed E-state index contributed by atoms with van der Waals surface area (Å²) in [6.07, 6.45) is 1.82. The minimum Gasteiger partial charge on any atom is -0.314 e. The minimum atomic E-state index is -4.29. The Morgan fingerprint density at radius 3 is 2.74 bits per heavy atom. The maximum atomic E-state index is 12.8. The Labute approximate surface area is 111 Å². The number of rotatable bonds is 6. The lowest BCUT2D eigenvalue weighted by molar-refractivity contribution is -0.138. The normalized spacial score (nSPS) is 17.5. The number of alkyl halides is 3. The van der Waals surface area contributed by atoms with Crippen molar-refractivity contribution in [2.45, 2.75) is 44.8 Å². The van der Waals surface area contributed by atoms with E-state index in [0.29, 0.717) is 23.9 Å². The summed E-state index contributed by atoms with van der Waals surface area (Å²) in [5, 5.41) is 3.37. The van der Waals surface area contributed by atoms with Gasteiger partial charge in [0, 0.05) is 18.4 Å². The van der Waals surface area contributed by atoms with Crippen LogP contribution in [0, 0.1) is 5.92 Å². The number of hydrogen-bond donors (Lipinski definition) is 1. The molecule has 1 aromatic heterocycles. The van der Waals surface area contributed by atoms with Gasteiger partial charge in [-0.05, 0) is 49.8 Å². The first-order chi connectivity index (χ1) is 9.02. The zero-order valence-electron chi connectivity index (χ0n) is 11.0. The van der Waals surface area contributed by atoms with Gasteiger partial charge in [-0.25, -0.2) is 0 Å². The molecule has 0 spiro atoms. The van der Waals surface area contributed by atoms with Gasteiger partial charge in [0.1, 0.15) is 0 Å². The van der Waals surface area contributed by atoms with E-state index in [1.807, 2.05) is 6.92 Å². The summed E-state index contributed by atoms with van der Waals surface area (Å²) >= 11 is 0. The Morgan fingerprint density at radius 1 is 1.42 bits per heavy atom. The molecule has 1 saturated carbocycles. The van der Waals surface area contributed by atoms with E-state index in [2.05, 4.69) is 10.3 Å². The summed E-state index contributed by atoms with van der Waals surface area (Å²) < 4.78 is 38.5. The second-order valence-corrected chi connectivity index (χ2v) is 5.07. The molecule has 0 saturated heterocycles. The molecule has 1 aliphatic carbocycles. The van der Waals surface area contributed by atoms with Crippen molar-refractivity contribution >= 4 is 0 Å². The van der Waals surface area contributed by atoms with E-state index in [0.717, 1.165) is 19.0 Å². The topological polar surface area (TPSA) is 24.9 Å². The van der Waals surface area contributed by atoms with Crippen LogP contribution in [0.1, 0.15) is 37.3 Å². The highest BCUT2D eigenvalue weighted by Crippen LogP contribution is 2.36. The highest BCUT2D eigenvalue weighted by Gasteiger charge is 2.34. The van der Waals surface area contributed by atoms with Crippen LogP contribution < -0.4 is 5.32 Å². The molecule has 0 bridgehead atoms. The van der Waals surface area contributed by atoms with Crippen molar-refractivity contribution in [1.82, 2.24) is 10.3 Å². The van der Waals surface area contributed by atoms with Gasteiger partial charge >= 0.3 is 6.18 Å². The molecular formula is C14H19F3N2. The fourth-order valence-corrected chi connectivity index (χ4v) is 2.48. The van der Waals surface area contributed by atoms with Gasteiger partial charge in [0.25, 0.3) is 0 Å². The monoisotopic (exact) mass is 272 g/mol. The average molecular weight is 272 g/mol. The van der Waals surface area contributed by atoms with Crippen molar-refractivity contribution in [3.05, 3.63) is 29.6 Å². The van der Waals surface area contributed by atoms with Crippen LogP contribution in [0.3, 0.4) is 0 Å². The average Bonchev–Trinajstić information content (AvgIpc) is 3.18. The third-order valence-corrected chi connectivity index (χ3v) is 3.59. The molecule has 2 rings (SSSR count). The molecule has 1 aliphatic rings. The molecular weight excluding hydrogens is 253 g/mol. The molecule has 0 amide bonds. The molecule has 1 N–H and O–H groups in total. The molecule has 1 atom stereocenters. The Hall–Kier alpha value is -1.10. The number of aromatic nitrogens is 1. The van der Waals surface area contributed by atoms with Crippen molar-refractivity contribution in [2.75, 3.05) is 6.54 Å². The van der Waals surface area contributed by atoms with Gasteiger partial charge in [-0.1, -0.05) is 6.92 Å². The lowest BCUT2D eigenvalue weighted by Crippen LogP contribution is -2.31. The first-order valence-electron chi connectivity index (χ1n) is 6.75. The van der Waals surface area contributed by atoms with Crippen LogP contribution in [0.5, 0.6) is 0 Å². The van der Waals surface area contributed by atoms with Gasteiger partial charge in [-0.2, -0.15) is 13.2 Å². The van der Waals surface area contributed by atoms with Crippen LogP contribution in [-0.2, 0) is 12.6 Å². The fraction of sp³-hybridized carbons (Fsp3) is 0.643. The third kappa shape index (κ3) is 3.93. The summed E-state index contributed by atoms with van der Waals surface area (Å²) in [5.41, 5.74) is -0.243. The fourth-order valence-electron chi connectivity index (χ4n) is 2.48. The van der Waals surface area contributed by atoms with E-state index in [1.54, 1.807) is 0 Å². The van der Waals surface area contributed by atoms with Gasteiger partial charge in [0.15, 0.2) is 0 Å². The lowest BCUT2D eigenvalue weighted by Gasteiger charge is -2.18. The molecule has 0 radical (unpaired) electrons. The van der Waals surface area contributed by atoms with Crippen molar-refractivity contribution in [3.8, 4) is 0 Å². The molecule has 19 heavy (non-hydrogen) atoms. The second-order valence-electron chi connectivity index (χ2n) is 5.07. The minimum absolute atomic E-state index is 0.304. The Morgan fingerprint density at radius 2 is 2.16 bits per heavy atom. The highest BCUT2D eigenvalue weighted by atomic mass is 19.4. The highest BCUT2D eigenvalue weighted by molar-refractivity contribution is 5.26. The van der Waals surface area contributed by atoms with E-state index in [9.17, 15) is 13.2 Å². The summed E-state index contributed by atoms with van der Waals surface area (Å²) in [7, 11) is 0. The molecule has 1 fully saturated rings. The number of hydrogen-bond acceptors (Lipinski definition) is 2. The molecule has 0 aliphatic heterocycles. The SMILES string of the molecule is CCNC(CCc1cnccc1C(F)(F)F)C1CC1. The van der Waals surface area contributed by atoms with E-state index in [4.69, 9.17) is 0 Å². The molecule has 106 valence electrons. The number of aryl methyl sites for hydroxylation is 1. The van der Waals surface area contributed by atoms with Gasteiger partial charge in [-0.3, -0.25) is 4.98 Å². The first-order valence-corrected chi connectivity index (χ1v) is 6.75.